The fourth-order valence-electron chi connectivity index (χ4n) is 1.91. The summed E-state index contributed by atoms with van der Waals surface area (Å²) in [5, 5.41) is 17.0. The molecule has 2 rings (SSSR count). The van der Waals surface area contributed by atoms with Crippen molar-refractivity contribution in [3.8, 4) is 0 Å². The lowest BCUT2D eigenvalue weighted by molar-refractivity contribution is -0.384. The van der Waals surface area contributed by atoms with Gasteiger partial charge in [-0.05, 0) is 53.3 Å². The molecular formula is C16H15IN4O5. The third-order valence-corrected chi connectivity index (χ3v) is 3.76. The van der Waals surface area contributed by atoms with Crippen LogP contribution in [0.5, 0.6) is 0 Å². The maximum Gasteiger partial charge on any atom is 0.269 e. The smallest absolute Gasteiger partial charge is 0.269 e. The quantitative estimate of drug-likeness (QED) is 0.202. The van der Waals surface area contributed by atoms with Crippen molar-refractivity contribution in [1.29, 1.82) is 0 Å². The Morgan fingerprint density at radius 2 is 1.96 bits per heavy atom. The van der Waals surface area contributed by atoms with Crippen LogP contribution in [0.2, 0.25) is 0 Å². The van der Waals surface area contributed by atoms with E-state index in [-0.39, 0.29) is 23.9 Å². The Morgan fingerprint density at radius 1 is 1.23 bits per heavy atom. The molecule has 1 aromatic carbocycles. The van der Waals surface area contributed by atoms with Gasteiger partial charge in [0.05, 0.1) is 11.1 Å². The molecule has 1 aromatic heterocycles. The summed E-state index contributed by atoms with van der Waals surface area (Å²) in [5.41, 5.74) is 2.61. The van der Waals surface area contributed by atoms with Crippen LogP contribution < -0.4 is 10.7 Å². The van der Waals surface area contributed by atoms with E-state index in [9.17, 15) is 19.7 Å². The van der Waals surface area contributed by atoms with Crippen LogP contribution in [-0.2, 0) is 4.79 Å². The van der Waals surface area contributed by atoms with Crippen LogP contribution in [0.15, 0.2) is 45.9 Å². The standard InChI is InChI=1S/C16H15IN4O5/c17-14-8-7-13(26-14)10-19-20-15(22)2-1-9-18-16(23)11-3-5-12(6-4-11)21(24)25/h3-8,10H,1-2,9H2,(H,18,23)(H,20,22). The summed E-state index contributed by atoms with van der Waals surface area (Å²) in [7, 11) is 0. The van der Waals surface area contributed by atoms with Gasteiger partial charge in [0.1, 0.15) is 5.76 Å². The number of carbonyl (C=O) groups is 2. The second-order valence-corrected chi connectivity index (χ2v) is 6.16. The van der Waals surface area contributed by atoms with Gasteiger partial charge in [0, 0.05) is 30.7 Å². The molecular weight excluding hydrogens is 455 g/mol. The second kappa shape index (κ2) is 9.65. The van der Waals surface area contributed by atoms with E-state index in [1.54, 1.807) is 12.1 Å². The van der Waals surface area contributed by atoms with Crippen molar-refractivity contribution in [3.05, 3.63) is 61.6 Å². The van der Waals surface area contributed by atoms with Crippen LogP contribution in [0.25, 0.3) is 0 Å². The summed E-state index contributed by atoms with van der Waals surface area (Å²) in [5.74, 6) is -0.108. The first-order valence-electron chi connectivity index (χ1n) is 7.55. The van der Waals surface area contributed by atoms with Crippen molar-refractivity contribution in [1.82, 2.24) is 10.7 Å². The van der Waals surface area contributed by atoms with E-state index >= 15 is 0 Å². The highest BCUT2D eigenvalue weighted by atomic mass is 127. The molecule has 26 heavy (non-hydrogen) atoms. The predicted octanol–water partition coefficient (Wildman–Crippen LogP) is 2.45. The van der Waals surface area contributed by atoms with Crippen molar-refractivity contribution in [2.24, 2.45) is 5.10 Å². The van der Waals surface area contributed by atoms with Crippen LogP contribution in [0, 0.1) is 13.9 Å². The fraction of sp³-hybridized carbons (Fsp3) is 0.188. The van der Waals surface area contributed by atoms with E-state index in [0.717, 1.165) is 3.77 Å². The van der Waals surface area contributed by atoms with Crippen LogP contribution >= 0.6 is 22.6 Å². The largest absolute Gasteiger partial charge is 0.449 e. The average Bonchev–Trinajstić information content (AvgIpc) is 3.04. The normalized spacial score (nSPS) is 10.7. The van der Waals surface area contributed by atoms with Gasteiger partial charge < -0.3 is 9.73 Å². The van der Waals surface area contributed by atoms with E-state index in [0.29, 0.717) is 24.3 Å². The van der Waals surface area contributed by atoms with E-state index < -0.39 is 4.92 Å². The summed E-state index contributed by atoms with van der Waals surface area (Å²) in [4.78, 5) is 33.5. The number of nitro groups is 1. The van der Waals surface area contributed by atoms with Gasteiger partial charge in [-0.1, -0.05) is 0 Å². The molecule has 0 aliphatic carbocycles. The average molecular weight is 470 g/mol. The Morgan fingerprint density at radius 3 is 2.58 bits per heavy atom. The number of benzene rings is 1. The third-order valence-electron chi connectivity index (χ3n) is 3.18. The number of non-ortho nitro benzene ring substituents is 1. The molecule has 10 heteroatoms. The summed E-state index contributed by atoms with van der Waals surface area (Å²) >= 11 is 2.02. The van der Waals surface area contributed by atoms with E-state index in [4.69, 9.17) is 4.42 Å². The van der Waals surface area contributed by atoms with Crippen molar-refractivity contribution >= 4 is 46.3 Å². The molecule has 0 saturated heterocycles. The predicted molar refractivity (Wildman–Crippen MR) is 102 cm³/mol. The van der Waals surface area contributed by atoms with Gasteiger partial charge in [-0.3, -0.25) is 19.7 Å². The molecule has 1 heterocycles. The second-order valence-electron chi connectivity index (χ2n) is 5.10. The van der Waals surface area contributed by atoms with Crippen molar-refractivity contribution < 1.29 is 18.9 Å². The third kappa shape index (κ3) is 6.27. The van der Waals surface area contributed by atoms with Gasteiger partial charge in [-0.15, -0.1) is 0 Å². The fourth-order valence-corrected chi connectivity index (χ4v) is 2.34. The zero-order chi connectivity index (χ0) is 18.9. The number of nitrogens with zero attached hydrogens (tertiary/aromatic N) is 2. The van der Waals surface area contributed by atoms with Gasteiger partial charge in [0.25, 0.3) is 11.6 Å². The highest BCUT2D eigenvalue weighted by molar-refractivity contribution is 14.1. The molecule has 0 aliphatic heterocycles. The van der Waals surface area contributed by atoms with Gasteiger partial charge in [-0.25, -0.2) is 5.43 Å². The molecule has 2 aromatic rings. The summed E-state index contributed by atoms with van der Waals surface area (Å²) in [6.07, 6.45) is 2.02. The molecule has 0 fully saturated rings. The SMILES string of the molecule is O=C(CCCNC(=O)c1ccc([N+](=O)[O-])cc1)NN=Cc1ccc(I)o1. The number of amides is 2. The summed E-state index contributed by atoms with van der Waals surface area (Å²) in [6, 6.07) is 8.79. The van der Waals surface area contributed by atoms with E-state index in [2.05, 4.69) is 15.8 Å². The van der Waals surface area contributed by atoms with Gasteiger partial charge in [0.2, 0.25) is 5.91 Å². The van der Waals surface area contributed by atoms with Crippen molar-refractivity contribution in [2.75, 3.05) is 6.54 Å². The Labute approximate surface area is 162 Å². The number of nitrogens with one attached hydrogen (secondary N) is 2. The maximum absolute atomic E-state index is 11.9. The lowest BCUT2D eigenvalue weighted by Gasteiger charge is -2.04. The molecule has 0 atom stereocenters. The first kappa shape index (κ1) is 19.6. The Kier molecular flexibility index (Phi) is 7.26. The zero-order valence-corrected chi connectivity index (χ0v) is 15.6. The van der Waals surface area contributed by atoms with Crippen LogP contribution in [0.4, 0.5) is 5.69 Å². The first-order valence-corrected chi connectivity index (χ1v) is 8.63. The van der Waals surface area contributed by atoms with Gasteiger partial charge in [-0.2, -0.15) is 5.10 Å². The van der Waals surface area contributed by atoms with E-state index in [1.807, 2.05) is 22.6 Å². The molecule has 2 amide bonds. The number of hydrazone groups is 1. The number of hydrogen-bond acceptors (Lipinski definition) is 6. The molecule has 0 spiro atoms. The lowest BCUT2D eigenvalue weighted by atomic mass is 10.2. The van der Waals surface area contributed by atoms with Crippen LogP contribution in [0.1, 0.15) is 29.0 Å². The molecule has 0 bridgehead atoms. The highest BCUT2D eigenvalue weighted by Gasteiger charge is 2.09. The maximum atomic E-state index is 11.9. The number of hydrogen-bond donors (Lipinski definition) is 2. The molecule has 136 valence electrons. The van der Waals surface area contributed by atoms with Crippen LogP contribution in [0.3, 0.4) is 0 Å². The monoisotopic (exact) mass is 470 g/mol. The number of halogens is 1. The molecule has 2 N–H and O–H groups in total. The molecule has 0 radical (unpaired) electrons. The Hall–Kier alpha value is -2.76. The Bertz CT molecular complexity index is 816. The van der Waals surface area contributed by atoms with Gasteiger partial charge in [0.15, 0.2) is 3.77 Å². The van der Waals surface area contributed by atoms with Gasteiger partial charge >= 0.3 is 0 Å². The first-order chi connectivity index (χ1) is 12.5. The van der Waals surface area contributed by atoms with Crippen molar-refractivity contribution in [3.63, 3.8) is 0 Å². The minimum Gasteiger partial charge on any atom is -0.449 e. The Balaban J connectivity index is 1.66. The lowest BCUT2D eigenvalue weighted by Crippen LogP contribution is -2.26. The summed E-state index contributed by atoms with van der Waals surface area (Å²) in [6.45, 7) is 0.295. The van der Waals surface area contributed by atoms with Crippen LogP contribution in [-0.4, -0.2) is 29.5 Å². The number of furan rings is 1. The van der Waals surface area contributed by atoms with Crippen molar-refractivity contribution in [2.45, 2.75) is 12.8 Å². The highest BCUT2D eigenvalue weighted by Crippen LogP contribution is 2.11. The number of nitro benzene ring substituents is 1. The minimum absolute atomic E-state index is 0.0805. The zero-order valence-electron chi connectivity index (χ0n) is 13.5. The molecule has 0 unspecified atom stereocenters. The molecule has 0 aliphatic rings. The molecule has 0 saturated carbocycles. The minimum atomic E-state index is -0.532. The van der Waals surface area contributed by atoms with E-state index in [1.165, 1.54) is 30.5 Å². The topological polar surface area (TPSA) is 127 Å². The summed E-state index contributed by atoms with van der Waals surface area (Å²) < 4.78 is 5.98. The number of rotatable bonds is 8. The number of carbonyl (C=O) groups excluding carboxylic acids is 2. The molecule has 9 nitrogen and oxygen atoms in total.